The molecule has 1 rings (SSSR count). The zero-order valence-corrected chi connectivity index (χ0v) is 6.90. The van der Waals surface area contributed by atoms with Crippen LogP contribution in [0.3, 0.4) is 0 Å². The van der Waals surface area contributed by atoms with Crippen molar-refractivity contribution >= 4 is 0 Å². The van der Waals surface area contributed by atoms with Crippen LogP contribution in [0.15, 0.2) is 18.3 Å². The molecule has 0 aromatic carbocycles. The number of aliphatic hydroxyl groups is 1. The Morgan fingerprint density at radius 3 is 3.08 bits per heavy atom. The van der Waals surface area contributed by atoms with Gasteiger partial charge in [-0.05, 0) is 12.1 Å². The number of methoxy groups -OCH3 is 1. The lowest BCUT2D eigenvalue weighted by molar-refractivity contribution is 0.262. The number of hydrogen-bond acceptors (Lipinski definition) is 4. The minimum atomic E-state index is -0.471. The van der Waals surface area contributed by atoms with E-state index < -0.39 is 6.04 Å². The van der Waals surface area contributed by atoms with Crippen LogP contribution in [0.4, 0.5) is 0 Å². The zero-order chi connectivity index (χ0) is 8.97. The van der Waals surface area contributed by atoms with Crippen molar-refractivity contribution in [3.05, 3.63) is 24.0 Å². The van der Waals surface area contributed by atoms with Crippen molar-refractivity contribution in [1.29, 1.82) is 0 Å². The number of aromatic nitrogens is 1. The molecule has 0 spiro atoms. The lowest BCUT2D eigenvalue weighted by atomic mass is 10.2. The van der Waals surface area contributed by atoms with E-state index in [1.54, 1.807) is 25.4 Å². The molecule has 0 bridgehead atoms. The first-order chi connectivity index (χ1) is 5.79. The lowest BCUT2D eigenvalue weighted by Crippen LogP contribution is -2.16. The maximum absolute atomic E-state index is 8.79. The molecule has 0 saturated heterocycles. The van der Waals surface area contributed by atoms with Gasteiger partial charge in [0.2, 0.25) is 0 Å². The highest BCUT2D eigenvalue weighted by molar-refractivity contribution is 5.29. The first kappa shape index (κ1) is 8.96. The van der Waals surface area contributed by atoms with E-state index in [2.05, 4.69) is 4.98 Å². The standard InChI is InChI=1S/C8H12N2O2/c1-12-7-3-2-4-10-8(7)6(9)5-11/h2-4,6,11H,5,9H2,1H3/t6-/m1/s1. The van der Waals surface area contributed by atoms with Crippen LogP contribution < -0.4 is 10.5 Å². The van der Waals surface area contributed by atoms with Crippen LogP contribution in [-0.2, 0) is 0 Å². The van der Waals surface area contributed by atoms with Crippen molar-refractivity contribution in [3.8, 4) is 5.75 Å². The summed E-state index contributed by atoms with van der Waals surface area (Å²) in [5, 5.41) is 8.79. The molecule has 0 amide bonds. The third-order valence-corrected chi connectivity index (χ3v) is 1.57. The van der Waals surface area contributed by atoms with Gasteiger partial charge in [-0.25, -0.2) is 0 Å². The van der Waals surface area contributed by atoms with Crippen molar-refractivity contribution in [3.63, 3.8) is 0 Å². The van der Waals surface area contributed by atoms with Crippen molar-refractivity contribution in [1.82, 2.24) is 4.98 Å². The third kappa shape index (κ3) is 1.72. The molecule has 66 valence electrons. The van der Waals surface area contributed by atoms with Gasteiger partial charge in [-0.3, -0.25) is 4.98 Å². The molecule has 0 aliphatic carbocycles. The number of ether oxygens (including phenoxy) is 1. The fourth-order valence-electron chi connectivity index (χ4n) is 0.940. The summed E-state index contributed by atoms with van der Waals surface area (Å²) >= 11 is 0. The van der Waals surface area contributed by atoms with Crippen LogP contribution in [0.25, 0.3) is 0 Å². The molecule has 12 heavy (non-hydrogen) atoms. The second kappa shape index (κ2) is 4.04. The van der Waals surface area contributed by atoms with Gasteiger partial charge < -0.3 is 15.6 Å². The van der Waals surface area contributed by atoms with Crippen LogP contribution in [-0.4, -0.2) is 23.8 Å². The Kier molecular flexibility index (Phi) is 3.01. The predicted molar refractivity (Wildman–Crippen MR) is 44.8 cm³/mol. The topological polar surface area (TPSA) is 68.4 Å². The largest absolute Gasteiger partial charge is 0.495 e. The van der Waals surface area contributed by atoms with Crippen molar-refractivity contribution in [2.45, 2.75) is 6.04 Å². The van der Waals surface area contributed by atoms with Gasteiger partial charge >= 0.3 is 0 Å². The average Bonchev–Trinajstić information content (AvgIpc) is 2.16. The van der Waals surface area contributed by atoms with E-state index >= 15 is 0 Å². The van der Waals surface area contributed by atoms with E-state index in [9.17, 15) is 0 Å². The first-order valence-corrected chi connectivity index (χ1v) is 3.65. The number of rotatable bonds is 3. The summed E-state index contributed by atoms with van der Waals surface area (Å²) in [6, 6.07) is 3.05. The van der Waals surface area contributed by atoms with Gasteiger partial charge in [0, 0.05) is 6.20 Å². The molecular formula is C8H12N2O2. The number of pyridine rings is 1. The first-order valence-electron chi connectivity index (χ1n) is 3.65. The van der Waals surface area contributed by atoms with Gasteiger partial charge in [0.15, 0.2) is 0 Å². The molecular weight excluding hydrogens is 156 g/mol. The molecule has 4 nitrogen and oxygen atoms in total. The van der Waals surface area contributed by atoms with Gasteiger partial charge in [-0.15, -0.1) is 0 Å². The van der Waals surface area contributed by atoms with Crippen molar-refractivity contribution in [2.75, 3.05) is 13.7 Å². The Morgan fingerprint density at radius 2 is 2.50 bits per heavy atom. The summed E-state index contributed by atoms with van der Waals surface area (Å²) in [6.07, 6.45) is 1.62. The minimum Gasteiger partial charge on any atom is -0.495 e. The molecule has 1 heterocycles. The normalized spacial score (nSPS) is 12.6. The van der Waals surface area contributed by atoms with E-state index in [-0.39, 0.29) is 6.61 Å². The summed E-state index contributed by atoms with van der Waals surface area (Å²) in [4.78, 5) is 4.01. The molecule has 3 N–H and O–H groups in total. The Morgan fingerprint density at radius 1 is 1.75 bits per heavy atom. The smallest absolute Gasteiger partial charge is 0.142 e. The second-order valence-electron chi connectivity index (χ2n) is 2.38. The molecule has 0 radical (unpaired) electrons. The summed E-state index contributed by atoms with van der Waals surface area (Å²) in [5.74, 6) is 0.610. The molecule has 1 aromatic heterocycles. The van der Waals surface area contributed by atoms with Crippen LogP contribution in [0.2, 0.25) is 0 Å². The molecule has 0 unspecified atom stereocenters. The molecule has 4 heteroatoms. The van der Waals surface area contributed by atoms with E-state index in [4.69, 9.17) is 15.6 Å². The van der Waals surface area contributed by atoms with Crippen LogP contribution in [0.1, 0.15) is 11.7 Å². The highest BCUT2D eigenvalue weighted by atomic mass is 16.5. The average molecular weight is 168 g/mol. The van der Waals surface area contributed by atoms with Gasteiger partial charge in [-0.1, -0.05) is 0 Å². The molecule has 1 atom stereocenters. The SMILES string of the molecule is COc1cccnc1[C@H](N)CO. The van der Waals surface area contributed by atoms with Crippen molar-refractivity contribution < 1.29 is 9.84 Å². The summed E-state index contributed by atoms with van der Waals surface area (Å²) < 4.78 is 5.01. The van der Waals surface area contributed by atoms with E-state index in [1.807, 2.05) is 0 Å². The highest BCUT2D eigenvalue weighted by Gasteiger charge is 2.10. The Balaban J connectivity index is 2.96. The summed E-state index contributed by atoms with van der Waals surface area (Å²) in [6.45, 7) is -0.132. The van der Waals surface area contributed by atoms with E-state index in [0.29, 0.717) is 11.4 Å². The molecule has 0 fully saturated rings. The minimum absolute atomic E-state index is 0.132. The molecule has 1 aromatic rings. The second-order valence-corrected chi connectivity index (χ2v) is 2.38. The van der Waals surface area contributed by atoms with Crippen LogP contribution >= 0.6 is 0 Å². The lowest BCUT2D eigenvalue weighted by Gasteiger charge is -2.10. The quantitative estimate of drug-likeness (QED) is 0.670. The number of hydrogen-bond donors (Lipinski definition) is 2. The Labute approximate surface area is 71.0 Å². The summed E-state index contributed by atoms with van der Waals surface area (Å²) in [7, 11) is 1.55. The Hall–Kier alpha value is -1.13. The monoisotopic (exact) mass is 168 g/mol. The van der Waals surface area contributed by atoms with Gasteiger partial charge in [0.05, 0.1) is 19.8 Å². The van der Waals surface area contributed by atoms with Gasteiger partial charge in [-0.2, -0.15) is 0 Å². The Bertz CT molecular complexity index is 253. The van der Waals surface area contributed by atoms with Gasteiger partial charge in [0.25, 0.3) is 0 Å². The number of aliphatic hydroxyl groups excluding tert-OH is 1. The van der Waals surface area contributed by atoms with E-state index in [0.717, 1.165) is 0 Å². The molecule has 0 aliphatic heterocycles. The van der Waals surface area contributed by atoms with Crippen molar-refractivity contribution in [2.24, 2.45) is 5.73 Å². The maximum atomic E-state index is 8.79. The van der Waals surface area contributed by atoms with Crippen LogP contribution in [0.5, 0.6) is 5.75 Å². The predicted octanol–water partition coefficient (Wildman–Crippen LogP) is 0.0823. The fraction of sp³-hybridized carbons (Fsp3) is 0.375. The highest BCUT2D eigenvalue weighted by Crippen LogP contribution is 2.19. The number of nitrogens with two attached hydrogens (primary N) is 1. The molecule has 0 aliphatic rings. The van der Waals surface area contributed by atoms with Crippen LogP contribution in [0, 0.1) is 0 Å². The number of nitrogens with zero attached hydrogens (tertiary/aromatic N) is 1. The maximum Gasteiger partial charge on any atom is 0.142 e. The zero-order valence-electron chi connectivity index (χ0n) is 6.90. The molecule has 0 saturated carbocycles. The third-order valence-electron chi connectivity index (χ3n) is 1.57. The summed E-state index contributed by atoms with van der Waals surface area (Å²) in [5.41, 5.74) is 6.16. The fourth-order valence-corrected chi connectivity index (χ4v) is 0.940. The van der Waals surface area contributed by atoms with Gasteiger partial charge in [0.1, 0.15) is 11.4 Å². The van der Waals surface area contributed by atoms with E-state index in [1.165, 1.54) is 0 Å².